The van der Waals surface area contributed by atoms with Crippen LogP contribution in [0.3, 0.4) is 0 Å². The number of nitrogens with one attached hydrogen (secondary N) is 1. The molecule has 1 atom stereocenters. The van der Waals surface area contributed by atoms with Crippen molar-refractivity contribution in [1.29, 1.82) is 5.26 Å². The average Bonchev–Trinajstić information content (AvgIpc) is 2.47. The van der Waals surface area contributed by atoms with E-state index in [1.807, 2.05) is 35.2 Å². The lowest BCUT2D eigenvalue weighted by atomic mass is 10.1. The van der Waals surface area contributed by atoms with Crippen LogP contribution in [0.2, 0.25) is 0 Å². The van der Waals surface area contributed by atoms with E-state index >= 15 is 0 Å². The van der Waals surface area contributed by atoms with Gasteiger partial charge in [-0.3, -0.25) is 0 Å². The summed E-state index contributed by atoms with van der Waals surface area (Å²) in [6.45, 7) is 0.992. The van der Waals surface area contributed by atoms with Crippen LogP contribution in [0.5, 0.6) is 0 Å². The van der Waals surface area contributed by atoms with Crippen molar-refractivity contribution in [3.8, 4) is 6.07 Å². The van der Waals surface area contributed by atoms with Crippen LogP contribution in [-0.4, -0.2) is 30.6 Å². The van der Waals surface area contributed by atoms with Gasteiger partial charge in [-0.1, -0.05) is 30.3 Å². The zero-order valence-corrected chi connectivity index (χ0v) is 10.7. The minimum Gasteiger partial charge on any atom is -0.464 e. The van der Waals surface area contributed by atoms with Crippen molar-refractivity contribution in [2.24, 2.45) is 0 Å². The second-order valence-corrected chi connectivity index (χ2v) is 4.22. The molecule has 1 heterocycles. The van der Waals surface area contributed by atoms with Crippen LogP contribution in [0.25, 0.3) is 0 Å². The quantitative estimate of drug-likeness (QED) is 0.818. The highest BCUT2D eigenvalue weighted by Crippen LogP contribution is 2.14. The molecule has 1 aromatic carbocycles. The maximum absolute atomic E-state index is 11.5. The molecule has 5 nitrogen and oxygen atoms in total. The molecule has 19 heavy (non-hydrogen) atoms. The molecule has 0 aromatic heterocycles. The Balaban J connectivity index is 2.19. The fraction of sp³-hybridized carbons (Fsp3) is 0.286. The molecule has 0 bridgehead atoms. The molecule has 2 rings (SSSR count). The van der Waals surface area contributed by atoms with Gasteiger partial charge in [0.15, 0.2) is 0 Å². The number of nitriles is 1. The Bertz CT molecular complexity index is 519. The number of esters is 1. The smallest absolute Gasteiger partial charge is 0.355 e. The van der Waals surface area contributed by atoms with Crippen molar-refractivity contribution >= 4 is 5.97 Å². The lowest BCUT2D eigenvalue weighted by molar-refractivity contribution is -0.136. The van der Waals surface area contributed by atoms with Gasteiger partial charge in [0.05, 0.1) is 13.2 Å². The molecule has 0 amide bonds. The second-order valence-electron chi connectivity index (χ2n) is 4.22. The Hall–Kier alpha value is -2.48. The van der Waals surface area contributed by atoms with Gasteiger partial charge >= 0.3 is 5.97 Å². The standard InChI is InChI=1S/C14H15N3O2/c1-19-14(18)13-10-17(12(7-15)8-16-13)9-11-5-3-2-4-6-11/h2-6,10,12,16H,8-9H2,1H3. The summed E-state index contributed by atoms with van der Waals surface area (Å²) in [6.07, 6.45) is 1.65. The highest BCUT2D eigenvalue weighted by molar-refractivity contribution is 5.87. The Morgan fingerprint density at radius 1 is 1.53 bits per heavy atom. The minimum atomic E-state index is -0.422. The van der Waals surface area contributed by atoms with Crippen LogP contribution in [0.4, 0.5) is 0 Å². The predicted octanol–water partition coefficient (Wildman–Crippen LogP) is 0.998. The van der Waals surface area contributed by atoms with Crippen molar-refractivity contribution in [3.63, 3.8) is 0 Å². The number of hydrogen-bond acceptors (Lipinski definition) is 5. The fourth-order valence-corrected chi connectivity index (χ4v) is 1.93. The van der Waals surface area contributed by atoms with Gasteiger partial charge in [-0.2, -0.15) is 5.26 Å². The maximum Gasteiger partial charge on any atom is 0.355 e. The summed E-state index contributed by atoms with van der Waals surface area (Å²) in [5, 5.41) is 12.1. The van der Waals surface area contributed by atoms with Gasteiger partial charge in [0.1, 0.15) is 11.7 Å². The SMILES string of the molecule is COC(=O)C1=CN(Cc2ccccc2)C(C#N)CN1. The number of methoxy groups -OCH3 is 1. The first kappa shape index (κ1) is 13.0. The molecular weight excluding hydrogens is 242 g/mol. The molecule has 0 saturated heterocycles. The number of rotatable bonds is 3. The Labute approximate surface area is 112 Å². The molecule has 1 unspecified atom stereocenters. The molecule has 0 fully saturated rings. The van der Waals surface area contributed by atoms with Crippen molar-refractivity contribution in [2.45, 2.75) is 12.6 Å². The van der Waals surface area contributed by atoms with Gasteiger partial charge in [-0.05, 0) is 5.56 Å². The second kappa shape index (κ2) is 5.91. The molecule has 1 aliphatic heterocycles. The van der Waals surface area contributed by atoms with E-state index in [-0.39, 0.29) is 6.04 Å². The van der Waals surface area contributed by atoms with Crippen molar-refractivity contribution < 1.29 is 9.53 Å². The van der Waals surface area contributed by atoms with E-state index in [0.29, 0.717) is 18.8 Å². The summed E-state index contributed by atoms with van der Waals surface area (Å²) in [7, 11) is 1.34. The van der Waals surface area contributed by atoms with Gasteiger partial charge in [0.2, 0.25) is 0 Å². The van der Waals surface area contributed by atoms with Gasteiger partial charge in [0.25, 0.3) is 0 Å². The van der Waals surface area contributed by atoms with Gasteiger partial charge in [0, 0.05) is 19.3 Å². The van der Waals surface area contributed by atoms with Crippen molar-refractivity contribution in [1.82, 2.24) is 10.2 Å². The van der Waals surface area contributed by atoms with E-state index in [4.69, 9.17) is 5.26 Å². The molecule has 1 aromatic rings. The lowest BCUT2D eigenvalue weighted by Gasteiger charge is -2.31. The van der Waals surface area contributed by atoms with Crippen molar-refractivity contribution in [2.75, 3.05) is 13.7 Å². The lowest BCUT2D eigenvalue weighted by Crippen LogP contribution is -2.44. The Morgan fingerprint density at radius 2 is 2.26 bits per heavy atom. The van der Waals surface area contributed by atoms with E-state index in [2.05, 4.69) is 16.1 Å². The first-order valence-electron chi connectivity index (χ1n) is 5.98. The van der Waals surface area contributed by atoms with E-state index in [9.17, 15) is 4.79 Å². The number of carbonyl (C=O) groups is 1. The topological polar surface area (TPSA) is 65.4 Å². The Morgan fingerprint density at radius 3 is 2.89 bits per heavy atom. The highest BCUT2D eigenvalue weighted by atomic mass is 16.5. The fourth-order valence-electron chi connectivity index (χ4n) is 1.93. The third-order valence-electron chi connectivity index (χ3n) is 2.94. The average molecular weight is 257 g/mol. The molecular formula is C14H15N3O2. The summed E-state index contributed by atoms with van der Waals surface area (Å²) in [4.78, 5) is 13.3. The van der Waals surface area contributed by atoms with Crippen LogP contribution in [0.15, 0.2) is 42.2 Å². The van der Waals surface area contributed by atoms with Gasteiger partial charge in [-0.25, -0.2) is 4.79 Å². The summed E-state index contributed by atoms with van der Waals surface area (Å²) >= 11 is 0. The first-order valence-corrected chi connectivity index (χ1v) is 5.98. The number of benzene rings is 1. The van der Waals surface area contributed by atoms with Crippen LogP contribution < -0.4 is 5.32 Å². The van der Waals surface area contributed by atoms with E-state index in [0.717, 1.165) is 5.56 Å². The normalized spacial score (nSPS) is 18.0. The molecule has 0 radical (unpaired) electrons. The predicted molar refractivity (Wildman–Crippen MR) is 69.5 cm³/mol. The minimum absolute atomic E-state index is 0.298. The summed E-state index contributed by atoms with van der Waals surface area (Å²) in [5.41, 5.74) is 1.47. The van der Waals surface area contributed by atoms with Gasteiger partial charge in [-0.15, -0.1) is 0 Å². The number of ether oxygens (including phenoxy) is 1. The molecule has 0 saturated carbocycles. The largest absolute Gasteiger partial charge is 0.464 e. The first-order chi connectivity index (χ1) is 9.24. The molecule has 1 aliphatic rings. The van der Waals surface area contributed by atoms with Crippen LogP contribution in [-0.2, 0) is 16.1 Å². The zero-order valence-electron chi connectivity index (χ0n) is 10.7. The zero-order chi connectivity index (χ0) is 13.7. The molecule has 98 valence electrons. The molecule has 1 N–H and O–H groups in total. The van der Waals surface area contributed by atoms with Crippen molar-refractivity contribution in [3.05, 3.63) is 47.8 Å². The van der Waals surface area contributed by atoms with E-state index < -0.39 is 5.97 Å². The summed E-state index contributed by atoms with van der Waals surface area (Å²) < 4.78 is 4.68. The van der Waals surface area contributed by atoms with Crippen LogP contribution in [0, 0.1) is 11.3 Å². The molecule has 0 spiro atoms. The Kier molecular flexibility index (Phi) is 4.04. The van der Waals surface area contributed by atoms with Gasteiger partial charge < -0.3 is 15.0 Å². The summed E-state index contributed by atoms with van der Waals surface area (Å²) in [6, 6.07) is 11.7. The molecule has 0 aliphatic carbocycles. The number of nitrogens with zero attached hydrogens (tertiary/aromatic N) is 2. The highest BCUT2D eigenvalue weighted by Gasteiger charge is 2.24. The van der Waals surface area contributed by atoms with E-state index in [1.54, 1.807) is 6.20 Å². The maximum atomic E-state index is 11.5. The van der Waals surface area contributed by atoms with E-state index in [1.165, 1.54) is 7.11 Å². The third kappa shape index (κ3) is 3.05. The number of carbonyl (C=O) groups excluding carboxylic acids is 1. The molecule has 5 heteroatoms. The summed E-state index contributed by atoms with van der Waals surface area (Å²) in [5.74, 6) is -0.422. The van der Waals surface area contributed by atoms with Crippen LogP contribution in [0.1, 0.15) is 5.56 Å². The monoisotopic (exact) mass is 257 g/mol. The number of hydrogen-bond donors (Lipinski definition) is 1. The third-order valence-corrected chi connectivity index (χ3v) is 2.94. The van der Waals surface area contributed by atoms with Crippen LogP contribution >= 0.6 is 0 Å².